The van der Waals surface area contributed by atoms with Crippen LogP contribution in [-0.4, -0.2) is 35.3 Å². The minimum absolute atomic E-state index is 0.0152. The van der Waals surface area contributed by atoms with Crippen LogP contribution in [-0.2, 0) is 4.79 Å². The molecule has 1 atom stereocenters. The molecule has 0 aromatic heterocycles. The van der Waals surface area contributed by atoms with Gasteiger partial charge in [-0.25, -0.2) is 0 Å². The van der Waals surface area contributed by atoms with Gasteiger partial charge in [0.25, 0.3) is 11.7 Å². The third kappa shape index (κ3) is 2.22. The lowest BCUT2D eigenvalue weighted by Crippen LogP contribution is -2.37. The molecule has 1 aliphatic heterocycles. The number of rotatable bonds is 3. The highest BCUT2D eigenvalue weighted by atomic mass is 79.9. The van der Waals surface area contributed by atoms with Crippen LogP contribution < -0.4 is 4.90 Å². The van der Waals surface area contributed by atoms with E-state index in [9.17, 15) is 14.7 Å². The lowest BCUT2D eigenvalue weighted by Gasteiger charge is -2.19. The fourth-order valence-electron chi connectivity index (χ4n) is 1.71. The van der Waals surface area contributed by atoms with Gasteiger partial charge >= 0.3 is 0 Å². The topological polar surface area (TPSA) is 57.6 Å². The number of aliphatic hydroxyl groups excluding tert-OH is 1. The van der Waals surface area contributed by atoms with Gasteiger partial charge in [-0.05, 0) is 18.2 Å². The number of carbonyl (C=O) groups excluding carboxylic acids is 2. The van der Waals surface area contributed by atoms with Gasteiger partial charge < -0.3 is 10.0 Å². The Morgan fingerprint density at radius 2 is 2.12 bits per heavy atom. The van der Waals surface area contributed by atoms with E-state index in [1.54, 1.807) is 18.2 Å². The van der Waals surface area contributed by atoms with Crippen LogP contribution in [0.1, 0.15) is 10.4 Å². The smallest absolute Gasteiger partial charge is 0.299 e. The largest absolute Gasteiger partial charge is 0.390 e. The first-order chi connectivity index (χ1) is 8.04. The number of fused-ring (bicyclic) bond motifs is 1. The minimum atomic E-state index is -0.849. The van der Waals surface area contributed by atoms with Crippen molar-refractivity contribution in [2.45, 2.75) is 6.10 Å². The third-order valence-electron chi connectivity index (χ3n) is 2.51. The second-order valence-electron chi connectivity index (χ2n) is 3.71. The molecule has 1 unspecified atom stereocenters. The van der Waals surface area contributed by atoms with Gasteiger partial charge in [-0.3, -0.25) is 9.59 Å². The summed E-state index contributed by atoms with van der Waals surface area (Å²) in [6, 6.07) is 4.97. The summed E-state index contributed by atoms with van der Waals surface area (Å²) >= 11 is 8.77. The summed E-state index contributed by atoms with van der Waals surface area (Å²) in [7, 11) is 0. The van der Waals surface area contributed by atoms with E-state index in [1.807, 2.05) is 0 Å². The number of anilines is 1. The molecule has 1 N–H and O–H groups in total. The molecular formula is C11H9BrClNO3. The van der Waals surface area contributed by atoms with Crippen molar-refractivity contribution in [2.24, 2.45) is 0 Å². The number of Topliss-reactive ketones (excluding diaryl/α,β-unsaturated/α-hetero) is 1. The second-order valence-corrected chi connectivity index (χ2v) is 4.94. The summed E-state index contributed by atoms with van der Waals surface area (Å²) in [6.45, 7) is 0.0253. The normalized spacial score (nSPS) is 16.3. The van der Waals surface area contributed by atoms with Crippen LogP contribution in [0, 0.1) is 0 Å². The van der Waals surface area contributed by atoms with Crippen molar-refractivity contribution in [1.29, 1.82) is 0 Å². The number of benzene rings is 1. The molecule has 6 heteroatoms. The lowest BCUT2D eigenvalue weighted by atomic mass is 10.1. The highest BCUT2D eigenvalue weighted by Gasteiger charge is 2.36. The molecule has 0 fully saturated rings. The van der Waals surface area contributed by atoms with E-state index in [2.05, 4.69) is 15.9 Å². The number of halogens is 2. The summed E-state index contributed by atoms with van der Waals surface area (Å²) in [4.78, 5) is 24.7. The molecule has 17 heavy (non-hydrogen) atoms. The highest BCUT2D eigenvalue weighted by Crippen LogP contribution is 2.31. The van der Waals surface area contributed by atoms with E-state index in [4.69, 9.17) is 11.6 Å². The van der Waals surface area contributed by atoms with Crippen LogP contribution in [0.2, 0.25) is 0 Å². The van der Waals surface area contributed by atoms with Crippen LogP contribution >= 0.6 is 27.5 Å². The quantitative estimate of drug-likeness (QED) is 0.680. The maximum Gasteiger partial charge on any atom is 0.299 e. The zero-order valence-corrected chi connectivity index (χ0v) is 11.0. The number of nitrogens with zero attached hydrogens (tertiary/aromatic N) is 1. The van der Waals surface area contributed by atoms with Crippen molar-refractivity contribution in [3.8, 4) is 0 Å². The fourth-order valence-corrected chi connectivity index (χ4v) is 2.15. The number of ketones is 1. The number of β-amino-alcohol motifs (C(OH)–C–C–N with tert-alkyl or cyclic N) is 1. The van der Waals surface area contributed by atoms with E-state index in [-0.39, 0.29) is 12.4 Å². The Hall–Kier alpha value is -0.910. The number of hydrogen-bond donors (Lipinski definition) is 1. The average molecular weight is 319 g/mol. The molecule has 0 radical (unpaired) electrons. The van der Waals surface area contributed by atoms with Crippen molar-refractivity contribution in [1.82, 2.24) is 0 Å². The number of aliphatic hydroxyl groups is 1. The first-order valence-corrected chi connectivity index (χ1v) is 6.27. The lowest BCUT2D eigenvalue weighted by molar-refractivity contribution is -0.114. The van der Waals surface area contributed by atoms with Crippen LogP contribution in [0.4, 0.5) is 5.69 Å². The molecule has 1 aromatic rings. The molecule has 0 saturated heterocycles. The summed E-state index contributed by atoms with van der Waals surface area (Å²) in [5.74, 6) is -1.15. The maximum atomic E-state index is 11.7. The van der Waals surface area contributed by atoms with Gasteiger partial charge in [-0.2, -0.15) is 0 Å². The van der Waals surface area contributed by atoms with Gasteiger partial charge in [-0.1, -0.05) is 15.9 Å². The Balaban J connectivity index is 2.39. The standard InChI is InChI=1S/C11H9BrClNO3/c12-6-1-2-8-9(3-6)14(5-7(15)4-13)11(17)10(8)16/h1-3,7,15H,4-5H2. The Morgan fingerprint density at radius 1 is 1.41 bits per heavy atom. The SMILES string of the molecule is O=C1C(=O)N(CC(O)CCl)c2cc(Br)ccc21. The molecular weight excluding hydrogens is 309 g/mol. The zero-order chi connectivity index (χ0) is 12.6. The minimum Gasteiger partial charge on any atom is -0.390 e. The number of hydrogen-bond acceptors (Lipinski definition) is 3. The molecule has 4 nitrogen and oxygen atoms in total. The van der Waals surface area contributed by atoms with Gasteiger partial charge in [0.15, 0.2) is 0 Å². The summed E-state index contributed by atoms with van der Waals surface area (Å²) < 4.78 is 0.768. The molecule has 1 aliphatic rings. The number of amides is 1. The van der Waals surface area contributed by atoms with Crippen LogP contribution in [0.5, 0.6) is 0 Å². The Labute approximate surface area is 111 Å². The Kier molecular flexibility index (Phi) is 3.51. The van der Waals surface area contributed by atoms with Crippen molar-refractivity contribution >= 4 is 44.9 Å². The monoisotopic (exact) mass is 317 g/mol. The second kappa shape index (κ2) is 4.76. The molecule has 1 amide bonds. The van der Waals surface area contributed by atoms with Gasteiger partial charge in [-0.15, -0.1) is 11.6 Å². The Bertz CT molecular complexity index is 492. The van der Waals surface area contributed by atoms with E-state index in [0.29, 0.717) is 11.3 Å². The fraction of sp³-hybridized carbons (Fsp3) is 0.273. The van der Waals surface area contributed by atoms with Gasteiger partial charge in [0.2, 0.25) is 0 Å². The predicted molar refractivity (Wildman–Crippen MR) is 67.6 cm³/mol. The van der Waals surface area contributed by atoms with Crippen molar-refractivity contribution < 1.29 is 14.7 Å². The van der Waals surface area contributed by atoms with Crippen LogP contribution in [0.15, 0.2) is 22.7 Å². The van der Waals surface area contributed by atoms with E-state index in [0.717, 1.165) is 4.47 Å². The molecule has 90 valence electrons. The molecule has 0 bridgehead atoms. The van der Waals surface area contributed by atoms with Gasteiger partial charge in [0, 0.05) is 4.47 Å². The molecule has 0 saturated carbocycles. The first kappa shape index (κ1) is 12.5. The first-order valence-electron chi connectivity index (χ1n) is 4.94. The van der Waals surface area contributed by atoms with E-state index < -0.39 is 17.8 Å². The predicted octanol–water partition coefficient (Wildman–Crippen LogP) is 1.58. The molecule has 0 spiro atoms. The molecule has 2 rings (SSSR count). The Morgan fingerprint density at radius 3 is 2.76 bits per heavy atom. The van der Waals surface area contributed by atoms with Crippen LogP contribution in [0.25, 0.3) is 0 Å². The molecule has 1 aromatic carbocycles. The molecule has 0 aliphatic carbocycles. The summed E-state index contributed by atoms with van der Waals surface area (Å²) in [5, 5.41) is 9.47. The summed E-state index contributed by atoms with van der Waals surface area (Å²) in [5.41, 5.74) is 0.874. The van der Waals surface area contributed by atoms with Crippen molar-refractivity contribution in [3.63, 3.8) is 0 Å². The number of carbonyl (C=O) groups is 2. The van der Waals surface area contributed by atoms with Crippen LogP contribution in [0.3, 0.4) is 0 Å². The van der Waals surface area contributed by atoms with Gasteiger partial charge in [0.05, 0.1) is 29.8 Å². The van der Waals surface area contributed by atoms with E-state index >= 15 is 0 Å². The van der Waals surface area contributed by atoms with Gasteiger partial charge in [0.1, 0.15) is 0 Å². The van der Waals surface area contributed by atoms with Crippen molar-refractivity contribution in [2.75, 3.05) is 17.3 Å². The summed E-state index contributed by atoms with van der Waals surface area (Å²) in [6.07, 6.45) is -0.849. The zero-order valence-electron chi connectivity index (χ0n) is 8.69. The average Bonchev–Trinajstić information content (AvgIpc) is 2.54. The van der Waals surface area contributed by atoms with Crippen molar-refractivity contribution in [3.05, 3.63) is 28.2 Å². The third-order valence-corrected chi connectivity index (χ3v) is 3.36. The highest BCUT2D eigenvalue weighted by molar-refractivity contribution is 9.10. The number of alkyl halides is 1. The maximum absolute atomic E-state index is 11.7. The molecule has 1 heterocycles. The van der Waals surface area contributed by atoms with E-state index in [1.165, 1.54) is 4.90 Å².